The van der Waals surface area contributed by atoms with Crippen LogP contribution in [0.5, 0.6) is 0 Å². The molecule has 0 aliphatic heterocycles. The van der Waals surface area contributed by atoms with Crippen molar-refractivity contribution in [3.63, 3.8) is 0 Å². The molecule has 0 spiro atoms. The van der Waals surface area contributed by atoms with E-state index >= 15 is 0 Å². The first kappa shape index (κ1) is 14.4. The molecule has 96 valence electrons. The molecule has 0 aliphatic rings. The van der Waals surface area contributed by atoms with Crippen LogP contribution in [-0.4, -0.2) is 21.0 Å². The second-order valence-corrected chi connectivity index (χ2v) is 6.42. The van der Waals surface area contributed by atoms with Crippen molar-refractivity contribution in [1.82, 2.24) is 4.72 Å². The van der Waals surface area contributed by atoms with Crippen LogP contribution >= 0.6 is 11.6 Å². The Labute approximate surface area is 107 Å². The molecule has 0 bridgehead atoms. The third-order valence-electron chi connectivity index (χ3n) is 2.47. The van der Waals surface area contributed by atoms with E-state index < -0.39 is 10.0 Å². The zero-order valence-corrected chi connectivity index (χ0v) is 11.4. The SMILES string of the molecule is CC(C)C(N)CNS(=O)(=O)c1cccc(Cl)c1. The first-order chi connectivity index (χ1) is 7.83. The molecule has 17 heavy (non-hydrogen) atoms. The molecule has 1 rings (SSSR count). The summed E-state index contributed by atoms with van der Waals surface area (Å²) in [6, 6.07) is 5.92. The van der Waals surface area contributed by atoms with E-state index in [2.05, 4.69) is 4.72 Å². The second-order valence-electron chi connectivity index (χ2n) is 4.22. The highest BCUT2D eigenvalue weighted by Crippen LogP contribution is 2.15. The fourth-order valence-electron chi connectivity index (χ4n) is 1.16. The average molecular weight is 277 g/mol. The summed E-state index contributed by atoms with van der Waals surface area (Å²) in [5.41, 5.74) is 5.78. The topological polar surface area (TPSA) is 72.2 Å². The van der Waals surface area contributed by atoms with Crippen LogP contribution in [0.1, 0.15) is 13.8 Å². The molecule has 0 saturated heterocycles. The van der Waals surface area contributed by atoms with Crippen LogP contribution in [0.3, 0.4) is 0 Å². The van der Waals surface area contributed by atoms with Crippen molar-refractivity contribution >= 4 is 21.6 Å². The van der Waals surface area contributed by atoms with Gasteiger partial charge in [0.15, 0.2) is 0 Å². The van der Waals surface area contributed by atoms with Crippen LogP contribution in [-0.2, 0) is 10.0 Å². The normalized spacial score (nSPS) is 13.9. The van der Waals surface area contributed by atoms with Crippen LogP contribution < -0.4 is 10.5 Å². The van der Waals surface area contributed by atoms with Crippen LogP contribution in [0.25, 0.3) is 0 Å². The van der Waals surface area contributed by atoms with Crippen molar-refractivity contribution in [3.05, 3.63) is 29.3 Å². The predicted octanol–water partition coefficient (Wildman–Crippen LogP) is 1.60. The number of nitrogens with two attached hydrogens (primary N) is 1. The summed E-state index contributed by atoms with van der Waals surface area (Å²) in [5.74, 6) is 0.220. The van der Waals surface area contributed by atoms with Gasteiger partial charge in [0.2, 0.25) is 10.0 Å². The maximum Gasteiger partial charge on any atom is 0.240 e. The Bertz CT molecular complexity index is 474. The standard InChI is InChI=1S/C11H17ClN2O2S/c1-8(2)11(13)7-14-17(15,16)10-5-3-4-9(12)6-10/h3-6,8,11,14H,7,13H2,1-2H3. The maximum atomic E-state index is 11.9. The van der Waals surface area contributed by atoms with Gasteiger partial charge in [-0.05, 0) is 24.1 Å². The number of rotatable bonds is 5. The molecule has 4 nitrogen and oxygen atoms in total. The number of nitrogens with one attached hydrogen (secondary N) is 1. The molecule has 3 N–H and O–H groups in total. The fraction of sp³-hybridized carbons (Fsp3) is 0.455. The highest BCUT2D eigenvalue weighted by Gasteiger charge is 2.16. The fourth-order valence-corrected chi connectivity index (χ4v) is 2.53. The zero-order chi connectivity index (χ0) is 13.1. The summed E-state index contributed by atoms with van der Waals surface area (Å²) in [4.78, 5) is 0.154. The molecule has 0 fully saturated rings. The van der Waals surface area contributed by atoms with Gasteiger partial charge in [-0.3, -0.25) is 0 Å². The van der Waals surface area contributed by atoms with E-state index in [0.717, 1.165) is 0 Å². The van der Waals surface area contributed by atoms with E-state index in [1.807, 2.05) is 13.8 Å². The minimum absolute atomic E-state index is 0.154. The summed E-state index contributed by atoms with van der Waals surface area (Å²) in [6.07, 6.45) is 0. The lowest BCUT2D eigenvalue weighted by atomic mass is 10.1. The molecule has 6 heteroatoms. The van der Waals surface area contributed by atoms with E-state index in [4.69, 9.17) is 17.3 Å². The number of hydrogen-bond donors (Lipinski definition) is 2. The number of halogens is 1. The van der Waals surface area contributed by atoms with Gasteiger partial charge in [0.05, 0.1) is 4.90 Å². The van der Waals surface area contributed by atoms with Gasteiger partial charge in [0.1, 0.15) is 0 Å². The summed E-state index contributed by atoms with van der Waals surface area (Å²) in [7, 11) is -3.53. The van der Waals surface area contributed by atoms with Crippen molar-refractivity contribution < 1.29 is 8.42 Å². The van der Waals surface area contributed by atoms with Crippen molar-refractivity contribution in [1.29, 1.82) is 0 Å². The number of sulfonamides is 1. The molecule has 0 radical (unpaired) electrons. The van der Waals surface area contributed by atoms with Crippen molar-refractivity contribution in [2.24, 2.45) is 11.7 Å². The lowest BCUT2D eigenvalue weighted by Gasteiger charge is -2.16. The van der Waals surface area contributed by atoms with Gasteiger partial charge in [-0.25, -0.2) is 13.1 Å². The van der Waals surface area contributed by atoms with E-state index in [0.29, 0.717) is 5.02 Å². The summed E-state index contributed by atoms with van der Waals surface area (Å²) >= 11 is 5.75. The largest absolute Gasteiger partial charge is 0.326 e. The first-order valence-electron chi connectivity index (χ1n) is 5.34. The number of benzene rings is 1. The van der Waals surface area contributed by atoms with Gasteiger partial charge in [0.25, 0.3) is 0 Å². The Morgan fingerprint density at radius 3 is 2.59 bits per heavy atom. The van der Waals surface area contributed by atoms with Gasteiger partial charge in [-0.15, -0.1) is 0 Å². The lowest BCUT2D eigenvalue weighted by Crippen LogP contribution is -2.40. The summed E-state index contributed by atoms with van der Waals surface area (Å²) in [5, 5.41) is 0.390. The van der Waals surface area contributed by atoms with Gasteiger partial charge in [-0.1, -0.05) is 31.5 Å². The monoisotopic (exact) mass is 276 g/mol. The van der Waals surface area contributed by atoms with Gasteiger partial charge in [-0.2, -0.15) is 0 Å². The smallest absolute Gasteiger partial charge is 0.240 e. The van der Waals surface area contributed by atoms with E-state index in [1.54, 1.807) is 12.1 Å². The molecule has 1 aromatic rings. The Morgan fingerprint density at radius 2 is 2.06 bits per heavy atom. The molecule has 1 unspecified atom stereocenters. The summed E-state index contributed by atoms with van der Waals surface area (Å²) in [6.45, 7) is 4.10. The average Bonchev–Trinajstić information content (AvgIpc) is 2.26. The third kappa shape index (κ3) is 4.27. The van der Waals surface area contributed by atoms with Gasteiger partial charge < -0.3 is 5.73 Å². The van der Waals surface area contributed by atoms with E-state index in [-0.39, 0.29) is 23.4 Å². The molecule has 0 saturated carbocycles. The first-order valence-corrected chi connectivity index (χ1v) is 7.20. The molecule has 0 amide bonds. The van der Waals surface area contributed by atoms with E-state index in [1.165, 1.54) is 12.1 Å². The molecule has 1 atom stereocenters. The van der Waals surface area contributed by atoms with Gasteiger partial charge in [0, 0.05) is 17.6 Å². The lowest BCUT2D eigenvalue weighted by molar-refractivity contribution is 0.481. The molecule has 0 aliphatic carbocycles. The minimum Gasteiger partial charge on any atom is -0.326 e. The maximum absolute atomic E-state index is 11.9. The van der Waals surface area contributed by atoms with E-state index in [9.17, 15) is 8.42 Å². The molecular formula is C11H17ClN2O2S. The Morgan fingerprint density at radius 1 is 1.41 bits per heavy atom. The Balaban J connectivity index is 2.76. The Kier molecular flexibility index (Phi) is 4.94. The molecule has 0 aromatic heterocycles. The molecule has 0 heterocycles. The van der Waals surface area contributed by atoms with Crippen LogP contribution in [0.15, 0.2) is 29.2 Å². The van der Waals surface area contributed by atoms with Crippen LogP contribution in [0, 0.1) is 5.92 Å². The second kappa shape index (κ2) is 5.82. The quantitative estimate of drug-likeness (QED) is 0.858. The highest BCUT2D eigenvalue weighted by molar-refractivity contribution is 7.89. The summed E-state index contributed by atoms with van der Waals surface area (Å²) < 4.78 is 26.2. The molecular weight excluding hydrogens is 260 g/mol. The zero-order valence-electron chi connectivity index (χ0n) is 9.85. The molecule has 1 aromatic carbocycles. The predicted molar refractivity (Wildman–Crippen MR) is 69.5 cm³/mol. The number of hydrogen-bond acceptors (Lipinski definition) is 3. The highest BCUT2D eigenvalue weighted by atomic mass is 35.5. The van der Waals surface area contributed by atoms with Crippen molar-refractivity contribution in [3.8, 4) is 0 Å². The van der Waals surface area contributed by atoms with Crippen molar-refractivity contribution in [2.75, 3.05) is 6.54 Å². The van der Waals surface area contributed by atoms with Gasteiger partial charge >= 0.3 is 0 Å². The minimum atomic E-state index is -3.53. The third-order valence-corrected chi connectivity index (χ3v) is 4.13. The van der Waals surface area contributed by atoms with Crippen molar-refractivity contribution in [2.45, 2.75) is 24.8 Å². The van der Waals surface area contributed by atoms with Crippen LogP contribution in [0.4, 0.5) is 0 Å². The Hall–Kier alpha value is -0.620. The van der Waals surface area contributed by atoms with Crippen LogP contribution in [0.2, 0.25) is 5.02 Å².